The van der Waals surface area contributed by atoms with E-state index in [1.54, 1.807) is 0 Å². The summed E-state index contributed by atoms with van der Waals surface area (Å²) in [5.41, 5.74) is -1.31. The number of carboxylic acid groups (broad SMARTS) is 1. The molecule has 0 aliphatic heterocycles. The molecule has 1 aliphatic carbocycles. The van der Waals surface area contributed by atoms with Crippen molar-refractivity contribution in [3.63, 3.8) is 0 Å². The lowest BCUT2D eigenvalue weighted by molar-refractivity contribution is -0.155. The maximum absolute atomic E-state index is 11.2. The Kier molecular flexibility index (Phi) is 3.77. The molecular formula is C11H17ClO3. The van der Waals surface area contributed by atoms with Crippen LogP contribution in [0.4, 0.5) is 0 Å². The van der Waals surface area contributed by atoms with E-state index in [1.807, 2.05) is 0 Å². The van der Waals surface area contributed by atoms with Crippen molar-refractivity contribution in [1.82, 2.24) is 0 Å². The predicted octanol–water partition coefficient (Wildman–Crippen LogP) is 2.67. The van der Waals surface area contributed by atoms with Crippen molar-refractivity contribution in [3.8, 4) is 0 Å². The molecule has 1 rings (SSSR count). The smallest absolute Gasteiger partial charge is 0.318 e. The van der Waals surface area contributed by atoms with Gasteiger partial charge in [-0.3, -0.25) is 9.59 Å². The molecule has 0 aromatic heterocycles. The zero-order valence-electron chi connectivity index (χ0n) is 9.12. The number of hydrogen-bond acceptors (Lipinski definition) is 2. The van der Waals surface area contributed by atoms with Gasteiger partial charge in [0.2, 0.25) is 5.24 Å². The molecule has 0 unspecified atom stereocenters. The molecule has 0 atom stereocenters. The van der Waals surface area contributed by atoms with Gasteiger partial charge in [0.15, 0.2) is 0 Å². The molecule has 0 amide bonds. The minimum atomic E-state index is -1.31. The monoisotopic (exact) mass is 232 g/mol. The van der Waals surface area contributed by atoms with Crippen molar-refractivity contribution in [3.05, 3.63) is 0 Å². The van der Waals surface area contributed by atoms with Crippen LogP contribution in [0.15, 0.2) is 0 Å². The van der Waals surface area contributed by atoms with Crippen LogP contribution in [-0.4, -0.2) is 16.3 Å². The Bertz CT molecular complexity index is 249. The van der Waals surface area contributed by atoms with E-state index in [1.165, 1.54) is 0 Å². The normalized spacial score (nSPS) is 31.6. The van der Waals surface area contributed by atoms with Crippen LogP contribution >= 0.6 is 11.6 Å². The molecule has 1 saturated carbocycles. The van der Waals surface area contributed by atoms with Crippen LogP contribution in [0.5, 0.6) is 0 Å². The second kappa shape index (κ2) is 4.52. The maximum atomic E-state index is 11.2. The fraction of sp³-hybridized carbons (Fsp3) is 0.818. The van der Waals surface area contributed by atoms with Crippen molar-refractivity contribution >= 4 is 22.8 Å². The van der Waals surface area contributed by atoms with Gasteiger partial charge in [0, 0.05) is 0 Å². The average Bonchev–Trinajstić information content (AvgIpc) is 2.17. The zero-order valence-corrected chi connectivity index (χ0v) is 9.88. The Morgan fingerprint density at radius 1 is 1.33 bits per heavy atom. The standard InChI is InChI=1S/C11H17ClO3/c1-7(2)8-3-5-11(6-4-8,9(12)13)10(14)15/h7-8H,3-6H2,1-2H3,(H,14,15). The van der Waals surface area contributed by atoms with Crippen LogP contribution < -0.4 is 0 Å². The van der Waals surface area contributed by atoms with Gasteiger partial charge in [-0.05, 0) is 49.1 Å². The number of rotatable bonds is 3. The number of aliphatic carboxylic acids is 1. The van der Waals surface area contributed by atoms with Gasteiger partial charge in [-0.2, -0.15) is 0 Å². The highest BCUT2D eigenvalue weighted by molar-refractivity contribution is 6.66. The third kappa shape index (κ3) is 2.33. The third-order valence-electron chi connectivity index (χ3n) is 3.61. The Labute approximate surface area is 94.8 Å². The summed E-state index contributed by atoms with van der Waals surface area (Å²) in [5.74, 6) is 0.000389. The van der Waals surface area contributed by atoms with Gasteiger partial charge < -0.3 is 5.11 Å². The Balaban J connectivity index is 2.75. The number of carboxylic acids is 1. The molecule has 0 bridgehead atoms. The summed E-state index contributed by atoms with van der Waals surface area (Å²) in [4.78, 5) is 22.3. The Morgan fingerprint density at radius 2 is 1.80 bits per heavy atom. The van der Waals surface area contributed by atoms with E-state index in [2.05, 4.69) is 13.8 Å². The van der Waals surface area contributed by atoms with Crippen molar-refractivity contribution in [2.45, 2.75) is 39.5 Å². The molecule has 1 N–H and O–H groups in total. The molecule has 4 heteroatoms. The minimum absolute atomic E-state index is 0.382. The second-order valence-electron chi connectivity index (χ2n) is 4.74. The first-order chi connectivity index (χ1) is 6.90. The van der Waals surface area contributed by atoms with Gasteiger partial charge >= 0.3 is 5.97 Å². The van der Waals surface area contributed by atoms with E-state index >= 15 is 0 Å². The summed E-state index contributed by atoms with van der Waals surface area (Å²) in [7, 11) is 0. The Hall–Kier alpha value is -0.570. The molecule has 0 radical (unpaired) electrons. The number of hydrogen-bond donors (Lipinski definition) is 1. The lowest BCUT2D eigenvalue weighted by atomic mass is 9.68. The van der Waals surface area contributed by atoms with E-state index in [9.17, 15) is 9.59 Å². The molecule has 0 spiro atoms. The molecule has 86 valence electrons. The topological polar surface area (TPSA) is 54.4 Å². The molecule has 0 heterocycles. The highest BCUT2D eigenvalue weighted by Crippen LogP contribution is 2.43. The SMILES string of the molecule is CC(C)C1CCC(C(=O)O)(C(=O)Cl)CC1. The minimum Gasteiger partial charge on any atom is -0.480 e. The van der Waals surface area contributed by atoms with Crippen molar-refractivity contribution in [2.24, 2.45) is 17.3 Å². The van der Waals surface area contributed by atoms with Gasteiger partial charge in [-0.15, -0.1) is 0 Å². The van der Waals surface area contributed by atoms with Crippen LogP contribution in [0.25, 0.3) is 0 Å². The molecule has 3 nitrogen and oxygen atoms in total. The highest BCUT2D eigenvalue weighted by Gasteiger charge is 2.47. The van der Waals surface area contributed by atoms with Gasteiger partial charge in [-0.1, -0.05) is 13.8 Å². The maximum Gasteiger partial charge on any atom is 0.318 e. The summed E-state index contributed by atoms with van der Waals surface area (Å²) in [5, 5.41) is 8.37. The fourth-order valence-electron chi connectivity index (χ4n) is 2.29. The van der Waals surface area contributed by atoms with Crippen molar-refractivity contribution in [1.29, 1.82) is 0 Å². The van der Waals surface area contributed by atoms with Gasteiger partial charge in [0.25, 0.3) is 0 Å². The summed E-state index contributed by atoms with van der Waals surface area (Å²) in [6, 6.07) is 0. The molecule has 1 fully saturated rings. The lowest BCUT2D eigenvalue weighted by Gasteiger charge is -2.35. The van der Waals surface area contributed by atoms with Crippen LogP contribution in [0.2, 0.25) is 0 Å². The highest BCUT2D eigenvalue weighted by atomic mass is 35.5. The number of halogens is 1. The first kappa shape index (κ1) is 12.5. The first-order valence-electron chi connectivity index (χ1n) is 5.33. The fourth-order valence-corrected chi connectivity index (χ4v) is 2.56. The van der Waals surface area contributed by atoms with E-state index in [0.29, 0.717) is 24.7 Å². The van der Waals surface area contributed by atoms with Crippen LogP contribution in [-0.2, 0) is 9.59 Å². The molecule has 0 aromatic carbocycles. The average molecular weight is 233 g/mol. The van der Waals surface area contributed by atoms with Gasteiger partial charge in [-0.25, -0.2) is 0 Å². The largest absolute Gasteiger partial charge is 0.480 e. The molecule has 1 aliphatic rings. The van der Waals surface area contributed by atoms with E-state index < -0.39 is 16.6 Å². The number of carbonyl (C=O) groups is 2. The van der Waals surface area contributed by atoms with Gasteiger partial charge in [0.1, 0.15) is 5.41 Å². The van der Waals surface area contributed by atoms with Crippen LogP contribution in [0.3, 0.4) is 0 Å². The third-order valence-corrected chi connectivity index (χ3v) is 3.97. The van der Waals surface area contributed by atoms with Crippen molar-refractivity contribution in [2.75, 3.05) is 0 Å². The molecule has 0 saturated heterocycles. The van der Waals surface area contributed by atoms with Crippen molar-refractivity contribution < 1.29 is 14.7 Å². The molecule has 15 heavy (non-hydrogen) atoms. The Morgan fingerprint density at radius 3 is 2.07 bits per heavy atom. The van der Waals surface area contributed by atoms with E-state index in [0.717, 1.165) is 12.8 Å². The van der Waals surface area contributed by atoms with E-state index in [-0.39, 0.29) is 0 Å². The van der Waals surface area contributed by atoms with Crippen LogP contribution in [0.1, 0.15) is 39.5 Å². The van der Waals surface area contributed by atoms with Gasteiger partial charge in [0.05, 0.1) is 0 Å². The lowest BCUT2D eigenvalue weighted by Crippen LogP contribution is -2.41. The molecule has 0 aromatic rings. The van der Waals surface area contributed by atoms with Crippen LogP contribution in [0, 0.1) is 17.3 Å². The molecular weight excluding hydrogens is 216 g/mol. The number of carbonyl (C=O) groups excluding carboxylic acids is 1. The van der Waals surface area contributed by atoms with E-state index in [4.69, 9.17) is 16.7 Å². The summed E-state index contributed by atoms with van der Waals surface area (Å²) in [6.45, 7) is 4.25. The first-order valence-corrected chi connectivity index (χ1v) is 5.71. The quantitative estimate of drug-likeness (QED) is 0.601. The second-order valence-corrected chi connectivity index (χ2v) is 5.09. The summed E-state index contributed by atoms with van der Waals surface area (Å²) < 4.78 is 0. The zero-order chi connectivity index (χ0) is 11.6. The summed E-state index contributed by atoms with van der Waals surface area (Å²) >= 11 is 5.42. The predicted molar refractivity (Wildman–Crippen MR) is 57.7 cm³/mol. The summed E-state index contributed by atoms with van der Waals surface area (Å²) in [6.07, 6.45) is 2.33.